The van der Waals surface area contributed by atoms with E-state index in [1.807, 2.05) is 37.3 Å². The Hall–Kier alpha value is -2.09. The molecule has 1 amide bonds. The number of carbonyl (C=O) groups is 1. The van der Waals surface area contributed by atoms with Gasteiger partial charge in [-0.1, -0.05) is 56.3 Å². The van der Waals surface area contributed by atoms with Gasteiger partial charge in [-0.3, -0.25) is 4.79 Å². The number of amides is 1. The number of carbonyl (C=O) groups excluding carboxylic acids is 1. The third kappa shape index (κ3) is 4.45. The van der Waals surface area contributed by atoms with Gasteiger partial charge in [0.25, 0.3) is 5.91 Å². The van der Waals surface area contributed by atoms with Crippen LogP contribution in [0.1, 0.15) is 48.3 Å². The van der Waals surface area contributed by atoms with E-state index in [1.165, 1.54) is 5.56 Å². The van der Waals surface area contributed by atoms with E-state index in [4.69, 9.17) is 0 Å². The molecular formula is C19H23NO. The zero-order valence-corrected chi connectivity index (χ0v) is 13.0. The van der Waals surface area contributed by atoms with Crippen molar-refractivity contribution in [2.45, 2.75) is 33.2 Å². The van der Waals surface area contributed by atoms with E-state index >= 15 is 0 Å². The fraction of sp³-hybridized carbons (Fsp3) is 0.316. The highest BCUT2D eigenvalue weighted by Gasteiger charge is 2.11. The molecule has 2 rings (SSSR count). The van der Waals surface area contributed by atoms with Gasteiger partial charge in [-0.25, -0.2) is 0 Å². The predicted octanol–water partition coefficient (Wildman–Crippen LogP) is 4.38. The molecule has 0 fully saturated rings. The summed E-state index contributed by atoms with van der Waals surface area (Å²) < 4.78 is 0. The molecule has 0 radical (unpaired) electrons. The van der Waals surface area contributed by atoms with Crippen LogP contribution in [0, 0.1) is 5.92 Å². The summed E-state index contributed by atoms with van der Waals surface area (Å²) in [6.45, 7) is 6.45. The Morgan fingerprint density at radius 1 is 0.952 bits per heavy atom. The Balaban J connectivity index is 2.00. The first-order valence-electron chi connectivity index (χ1n) is 7.51. The van der Waals surface area contributed by atoms with Crippen LogP contribution >= 0.6 is 0 Å². The number of benzene rings is 2. The van der Waals surface area contributed by atoms with Gasteiger partial charge < -0.3 is 5.32 Å². The molecule has 1 N–H and O–H groups in total. The molecule has 0 saturated carbocycles. The van der Waals surface area contributed by atoms with Crippen molar-refractivity contribution >= 4 is 5.91 Å². The zero-order valence-electron chi connectivity index (χ0n) is 13.0. The molecule has 0 aliphatic rings. The zero-order chi connectivity index (χ0) is 15.2. The van der Waals surface area contributed by atoms with Gasteiger partial charge >= 0.3 is 0 Å². The summed E-state index contributed by atoms with van der Waals surface area (Å²) in [5.41, 5.74) is 3.17. The Kier molecular flexibility index (Phi) is 5.15. The van der Waals surface area contributed by atoms with Crippen molar-refractivity contribution in [3.8, 4) is 0 Å². The van der Waals surface area contributed by atoms with E-state index in [2.05, 4.69) is 43.4 Å². The van der Waals surface area contributed by atoms with Crippen LogP contribution in [0.15, 0.2) is 54.6 Å². The minimum absolute atomic E-state index is 0.00538. The first kappa shape index (κ1) is 15.3. The molecule has 0 aliphatic heterocycles. The van der Waals surface area contributed by atoms with Crippen LogP contribution in [0.4, 0.5) is 0 Å². The molecule has 0 bridgehead atoms. The molecule has 0 heterocycles. The third-order valence-electron chi connectivity index (χ3n) is 3.51. The van der Waals surface area contributed by atoms with Gasteiger partial charge in [-0.2, -0.15) is 0 Å². The van der Waals surface area contributed by atoms with Crippen LogP contribution in [0.3, 0.4) is 0 Å². The normalized spacial score (nSPS) is 12.2. The van der Waals surface area contributed by atoms with E-state index in [1.54, 1.807) is 0 Å². The lowest BCUT2D eigenvalue weighted by molar-refractivity contribution is 0.0940. The number of nitrogens with one attached hydrogen (secondary N) is 1. The topological polar surface area (TPSA) is 29.1 Å². The second-order valence-corrected chi connectivity index (χ2v) is 5.90. The molecule has 0 aliphatic carbocycles. The largest absolute Gasteiger partial charge is 0.346 e. The minimum Gasteiger partial charge on any atom is -0.346 e. The van der Waals surface area contributed by atoms with Crippen LogP contribution in [-0.2, 0) is 6.42 Å². The molecule has 0 saturated heterocycles. The van der Waals surface area contributed by atoms with Gasteiger partial charge in [0.1, 0.15) is 0 Å². The van der Waals surface area contributed by atoms with Gasteiger partial charge in [-0.05, 0) is 42.5 Å². The SMILES string of the molecule is CC(C)Cc1ccc([C@@H](C)NC(=O)c2ccccc2)cc1. The third-order valence-corrected chi connectivity index (χ3v) is 3.51. The Labute approximate surface area is 127 Å². The first-order valence-corrected chi connectivity index (χ1v) is 7.51. The van der Waals surface area contributed by atoms with Crippen molar-refractivity contribution in [1.29, 1.82) is 0 Å². The second-order valence-electron chi connectivity index (χ2n) is 5.90. The first-order chi connectivity index (χ1) is 10.1. The Morgan fingerprint density at radius 2 is 1.57 bits per heavy atom. The molecule has 2 aromatic rings. The van der Waals surface area contributed by atoms with Crippen LogP contribution in [0.2, 0.25) is 0 Å². The highest BCUT2D eigenvalue weighted by atomic mass is 16.1. The quantitative estimate of drug-likeness (QED) is 0.866. The summed E-state index contributed by atoms with van der Waals surface area (Å²) in [6.07, 6.45) is 1.09. The summed E-state index contributed by atoms with van der Waals surface area (Å²) in [4.78, 5) is 12.1. The molecule has 0 spiro atoms. The number of hydrogen-bond acceptors (Lipinski definition) is 1. The minimum atomic E-state index is -0.0330. The molecule has 21 heavy (non-hydrogen) atoms. The predicted molar refractivity (Wildman–Crippen MR) is 87.3 cm³/mol. The monoisotopic (exact) mass is 281 g/mol. The van der Waals surface area contributed by atoms with E-state index in [0.717, 1.165) is 12.0 Å². The van der Waals surface area contributed by atoms with Crippen LogP contribution in [0.5, 0.6) is 0 Å². The summed E-state index contributed by atoms with van der Waals surface area (Å²) in [6, 6.07) is 17.8. The number of rotatable bonds is 5. The molecule has 0 aromatic heterocycles. The molecular weight excluding hydrogens is 258 g/mol. The fourth-order valence-electron chi connectivity index (χ4n) is 2.37. The van der Waals surface area contributed by atoms with Crippen LogP contribution in [0.25, 0.3) is 0 Å². The maximum atomic E-state index is 12.1. The summed E-state index contributed by atoms with van der Waals surface area (Å²) >= 11 is 0. The van der Waals surface area contributed by atoms with Gasteiger partial charge in [0.15, 0.2) is 0 Å². The Bertz CT molecular complexity index is 572. The highest BCUT2D eigenvalue weighted by molar-refractivity contribution is 5.94. The standard InChI is InChI=1S/C19H23NO/c1-14(2)13-16-9-11-17(12-10-16)15(3)20-19(21)18-7-5-4-6-8-18/h4-12,14-15H,13H2,1-3H3,(H,20,21)/t15-/m1/s1. The molecule has 2 heteroatoms. The molecule has 2 aromatic carbocycles. The Morgan fingerprint density at radius 3 is 2.14 bits per heavy atom. The second kappa shape index (κ2) is 7.07. The van der Waals surface area contributed by atoms with Gasteiger partial charge in [0.2, 0.25) is 0 Å². The summed E-state index contributed by atoms with van der Waals surface area (Å²) in [5.74, 6) is 0.625. The van der Waals surface area contributed by atoms with Crippen molar-refractivity contribution in [3.63, 3.8) is 0 Å². The fourth-order valence-corrected chi connectivity index (χ4v) is 2.37. The highest BCUT2D eigenvalue weighted by Crippen LogP contribution is 2.16. The van der Waals surface area contributed by atoms with E-state index in [9.17, 15) is 4.79 Å². The molecule has 0 unspecified atom stereocenters. The van der Waals surface area contributed by atoms with Gasteiger partial charge in [0.05, 0.1) is 6.04 Å². The van der Waals surface area contributed by atoms with Crippen molar-refractivity contribution < 1.29 is 4.79 Å². The molecule has 1 atom stereocenters. The average Bonchev–Trinajstić information content (AvgIpc) is 2.48. The number of hydrogen-bond donors (Lipinski definition) is 1. The van der Waals surface area contributed by atoms with Crippen molar-refractivity contribution in [2.75, 3.05) is 0 Å². The van der Waals surface area contributed by atoms with Crippen molar-refractivity contribution in [3.05, 3.63) is 71.3 Å². The summed E-state index contributed by atoms with van der Waals surface area (Å²) in [7, 11) is 0. The summed E-state index contributed by atoms with van der Waals surface area (Å²) in [5, 5.41) is 3.03. The smallest absolute Gasteiger partial charge is 0.251 e. The van der Waals surface area contributed by atoms with Crippen LogP contribution in [-0.4, -0.2) is 5.91 Å². The van der Waals surface area contributed by atoms with E-state index in [-0.39, 0.29) is 11.9 Å². The molecule has 2 nitrogen and oxygen atoms in total. The van der Waals surface area contributed by atoms with Gasteiger partial charge in [-0.15, -0.1) is 0 Å². The van der Waals surface area contributed by atoms with E-state index < -0.39 is 0 Å². The van der Waals surface area contributed by atoms with Gasteiger partial charge in [0, 0.05) is 5.56 Å². The van der Waals surface area contributed by atoms with Crippen molar-refractivity contribution in [1.82, 2.24) is 5.32 Å². The van der Waals surface area contributed by atoms with Crippen molar-refractivity contribution in [2.24, 2.45) is 5.92 Å². The average molecular weight is 281 g/mol. The maximum Gasteiger partial charge on any atom is 0.251 e. The lowest BCUT2D eigenvalue weighted by atomic mass is 10.00. The lowest BCUT2D eigenvalue weighted by Crippen LogP contribution is -2.26. The van der Waals surface area contributed by atoms with Crippen LogP contribution < -0.4 is 5.32 Å². The molecule has 110 valence electrons. The van der Waals surface area contributed by atoms with E-state index in [0.29, 0.717) is 11.5 Å². The lowest BCUT2D eigenvalue weighted by Gasteiger charge is -2.15. The maximum absolute atomic E-state index is 12.1.